The highest BCUT2D eigenvalue weighted by Gasteiger charge is 2.16. The van der Waals surface area contributed by atoms with Crippen molar-refractivity contribution < 1.29 is 18.7 Å². The number of hydrogen-bond donors (Lipinski definition) is 1. The van der Waals surface area contributed by atoms with Crippen LogP contribution in [0, 0.1) is 17.1 Å². The Bertz CT molecular complexity index is 1110. The lowest BCUT2D eigenvalue weighted by Gasteiger charge is -2.21. The van der Waals surface area contributed by atoms with Crippen LogP contribution in [0.25, 0.3) is 0 Å². The molecule has 3 aromatic rings. The molecule has 0 saturated heterocycles. The minimum atomic E-state index is -0.307. The van der Waals surface area contributed by atoms with E-state index in [9.17, 15) is 14.0 Å². The normalized spacial score (nSPS) is 10.2. The Hall–Kier alpha value is -4.18. The summed E-state index contributed by atoms with van der Waals surface area (Å²) in [6, 6.07) is 24.1. The standard InChI is InChI=1S/C26H24FN3O3/c27-21-12-10-20(11-13-21)19-33-24-9-4-6-22(18-24)29-25(31)14-15-26(32)30(17-5-16-28)23-7-2-1-3-8-23/h1-4,6-13,18H,5,14-15,17,19H2,(H,29,31). The molecule has 0 fully saturated rings. The van der Waals surface area contributed by atoms with E-state index in [0.717, 1.165) is 5.56 Å². The Labute approximate surface area is 192 Å². The third kappa shape index (κ3) is 7.47. The third-order valence-electron chi connectivity index (χ3n) is 4.82. The number of carbonyl (C=O) groups excluding carboxylic acids is 2. The molecule has 0 aliphatic carbocycles. The minimum absolute atomic E-state index is 0.00931. The first-order valence-electron chi connectivity index (χ1n) is 10.5. The average Bonchev–Trinajstić information content (AvgIpc) is 2.83. The summed E-state index contributed by atoms with van der Waals surface area (Å²) < 4.78 is 18.7. The highest BCUT2D eigenvalue weighted by Crippen LogP contribution is 2.20. The molecule has 0 aromatic heterocycles. The molecule has 0 heterocycles. The van der Waals surface area contributed by atoms with Gasteiger partial charge >= 0.3 is 0 Å². The van der Waals surface area contributed by atoms with Crippen LogP contribution < -0.4 is 15.0 Å². The molecule has 6 nitrogen and oxygen atoms in total. The fourth-order valence-electron chi connectivity index (χ4n) is 3.16. The summed E-state index contributed by atoms with van der Waals surface area (Å²) in [7, 11) is 0. The average molecular weight is 445 g/mol. The zero-order valence-electron chi connectivity index (χ0n) is 18.0. The molecule has 0 atom stereocenters. The van der Waals surface area contributed by atoms with Gasteiger partial charge in [0.1, 0.15) is 18.2 Å². The lowest BCUT2D eigenvalue weighted by atomic mass is 10.2. The van der Waals surface area contributed by atoms with Crippen LogP contribution in [0.1, 0.15) is 24.8 Å². The molecule has 0 radical (unpaired) electrons. The van der Waals surface area contributed by atoms with Crippen molar-refractivity contribution in [1.82, 2.24) is 0 Å². The zero-order chi connectivity index (χ0) is 23.5. The number of anilines is 2. The first kappa shape index (κ1) is 23.5. The van der Waals surface area contributed by atoms with Gasteiger partial charge in [-0.3, -0.25) is 9.59 Å². The molecular formula is C26H24FN3O3. The van der Waals surface area contributed by atoms with E-state index in [4.69, 9.17) is 10.00 Å². The number of halogens is 1. The molecule has 0 aliphatic rings. The molecular weight excluding hydrogens is 421 g/mol. The Morgan fingerprint density at radius 3 is 2.45 bits per heavy atom. The number of rotatable bonds is 10. The van der Waals surface area contributed by atoms with Gasteiger partial charge in [-0.05, 0) is 42.0 Å². The molecule has 0 saturated carbocycles. The molecule has 1 N–H and O–H groups in total. The molecule has 0 aliphatic heterocycles. The van der Waals surface area contributed by atoms with Crippen molar-refractivity contribution in [2.45, 2.75) is 25.9 Å². The smallest absolute Gasteiger partial charge is 0.227 e. The second-order valence-electron chi connectivity index (χ2n) is 7.28. The maximum atomic E-state index is 13.0. The highest BCUT2D eigenvalue weighted by atomic mass is 19.1. The molecule has 7 heteroatoms. The molecule has 168 valence electrons. The van der Waals surface area contributed by atoms with E-state index >= 15 is 0 Å². The van der Waals surface area contributed by atoms with E-state index in [1.54, 1.807) is 48.5 Å². The molecule has 0 bridgehead atoms. The second kappa shape index (κ2) is 12.0. The van der Waals surface area contributed by atoms with Crippen molar-refractivity contribution in [3.8, 4) is 11.8 Å². The quantitative estimate of drug-likeness (QED) is 0.472. The van der Waals surface area contributed by atoms with Gasteiger partial charge in [0, 0.05) is 36.8 Å². The van der Waals surface area contributed by atoms with Gasteiger partial charge in [0.2, 0.25) is 11.8 Å². The van der Waals surface area contributed by atoms with Crippen molar-refractivity contribution in [2.24, 2.45) is 0 Å². The number of carbonyl (C=O) groups is 2. The summed E-state index contributed by atoms with van der Waals surface area (Å²) in [5.74, 6) is -0.269. The predicted molar refractivity (Wildman–Crippen MR) is 124 cm³/mol. The van der Waals surface area contributed by atoms with Crippen LogP contribution >= 0.6 is 0 Å². The number of nitrogens with one attached hydrogen (secondary N) is 1. The predicted octanol–water partition coefficient (Wildman–Crippen LogP) is 5.07. The van der Waals surface area contributed by atoms with E-state index in [1.807, 2.05) is 24.3 Å². The second-order valence-corrected chi connectivity index (χ2v) is 7.28. The van der Waals surface area contributed by atoms with E-state index < -0.39 is 0 Å². The zero-order valence-corrected chi connectivity index (χ0v) is 18.0. The number of ether oxygens (including phenoxy) is 1. The molecule has 3 rings (SSSR count). The van der Waals surface area contributed by atoms with Gasteiger partial charge in [0.25, 0.3) is 0 Å². The molecule has 0 unspecified atom stereocenters. The third-order valence-corrected chi connectivity index (χ3v) is 4.82. The maximum Gasteiger partial charge on any atom is 0.227 e. The van der Waals surface area contributed by atoms with Crippen molar-refractivity contribution >= 4 is 23.2 Å². The van der Waals surface area contributed by atoms with Crippen molar-refractivity contribution in [2.75, 3.05) is 16.8 Å². The van der Waals surface area contributed by atoms with E-state index in [1.165, 1.54) is 17.0 Å². The van der Waals surface area contributed by atoms with Crippen LogP contribution in [0.4, 0.5) is 15.8 Å². The summed E-state index contributed by atoms with van der Waals surface area (Å²) in [4.78, 5) is 26.6. The first-order chi connectivity index (χ1) is 16.0. The van der Waals surface area contributed by atoms with Crippen LogP contribution in [0.3, 0.4) is 0 Å². The first-order valence-corrected chi connectivity index (χ1v) is 10.5. The lowest BCUT2D eigenvalue weighted by molar-refractivity contribution is -0.122. The van der Waals surface area contributed by atoms with Crippen LogP contribution in [0.5, 0.6) is 5.75 Å². The largest absolute Gasteiger partial charge is 0.489 e. The van der Waals surface area contributed by atoms with Crippen LogP contribution in [-0.2, 0) is 16.2 Å². The molecule has 33 heavy (non-hydrogen) atoms. The number of amides is 2. The summed E-state index contributed by atoms with van der Waals surface area (Å²) in [6.07, 6.45) is 0.236. The number of nitriles is 1. The van der Waals surface area contributed by atoms with Gasteiger partial charge in [-0.2, -0.15) is 5.26 Å². The monoisotopic (exact) mass is 445 g/mol. The van der Waals surface area contributed by atoms with Gasteiger partial charge in [-0.25, -0.2) is 4.39 Å². The van der Waals surface area contributed by atoms with Crippen LogP contribution in [0.2, 0.25) is 0 Å². The lowest BCUT2D eigenvalue weighted by Crippen LogP contribution is -2.32. The number of benzene rings is 3. The van der Waals surface area contributed by atoms with Gasteiger partial charge in [0.15, 0.2) is 0 Å². The van der Waals surface area contributed by atoms with Crippen molar-refractivity contribution in [3.63, 3.8) is 0 Å². The van der Waals surface area contributed by atoms with Crippen LogP contribution in [-0.4, -0.2) is 18.4 Å². The van der Waals surface area contributed by atoms with E-state index in [-0.39, 0.29) is 50.0 Å². The number of nitrogens with zero attached hydrogens (tertiary/aromatic N) is 2. The SMILES string of the molecule is N#CCCN(C(=O)CCC(=O)Nc1cccc(OCc2ccc(F)cc2)c1)c1ccccc1. The Morgan fingerprint density at radius 2 is 1.73 bits per heavy atom. The molecule has 2 amide bonds. The Kier molecular flexibility index (Phi) is 8.55. The summed E-state index contributed by atoms with van der Waals surface area (Å²) in [6.45, 7) is 0.540. The van der Waals surface area contributed by atoms with Gasteiger partial charge in [-0.1, -0.05) is 36.4 Å². The van der Waals surface area contributed by atoms with Gasteiger partial charge < -0.3 is 15.0 Å². The molecule has 0 spiro atoms. The summed E-state index contributed by atoms with van der Waals surface area (Å²) >= 11 is 0. The fourth-order valence-corrected chi connectivity index (χ4v) is 3.16. The van der Waals surface area contributed by atoms with Gasteiger partial charge in [0.05, 0.1) is 12.5 Å². The van der Waals surface area contributed by atoms with Crippen molar-refractivity contribution in [3.05, 3.63) is 90.2 Å². The van der Waals surface area contributed by atoms with Crippen LogP contribution in [0.15, 0.2) is 78.9 Å². The minimum Gasteiger partial charge on any atom is -0.489 e. The number of hydrogen-bond acceptors (Lipinski definition) is 4. The topological polar surface area (TPSA) is 82.4 Å². The number of para-hydroxylation sites is 1. The highest BCUT2D eigenvalue weighted by molar-refractivity contribution is 5.98. The fraction of sp³-hybridized carbons (Fsp3) is 0.192. The van der Waals surface area contributed by atoms with E-state index in [2.05, 4.69) is 5.32 Å². The Balaban J connectivity index is 1.52. The van der Waals surface area contributed by atoms with E-state index in [0.29, 0.717) is 17.1 Å². The summed E-state index contributed by atoms with van der Waals surface area (Å²) in [5, 5.41) is 11.7. The summed E-state index contributed by atoms with van der Waals surface area (Å²) in [5.41, 5.74) is 2.07. The molecule has 3 aromatic carbocycles. The Morgan fingerprint density at radius 1 is 0.970 bits per heavy atom. The van der Waals surface area contributed by atoms with Gasteiger partial charge in [-0.15, -0.1) is 0 Å². The maximum absolute atomic E-state index is 13.0. The van der Waals surface area contributed by atoms with Crippen molar-refractivity contribution in [1.29, 1.82) is 5.26 Å².